The summed E-state index contributed by atoms with van der Waals surface area (Å²) < 4.78 is 15.6. The summed E-state index contributed by atoms with van der Waals surface area (Å²) in [5.41, 5.74) is 8.29. The molecule has 0 aliphatic rings. The topological polar surface area (TPSA) is 251 Å². The number of aldehydes is 1. The average molecular weight is 926 g/mol. The van der Waals surface area contributed by atoms with Crippen molar-refractivity contribution in [3.05, 3.63) is 125 Å². The summed E-state index contributed by atoms with van der Waals surface area (Å²) in [4.78, 5) is 87.5. The molecule has 0 atom stereocenters. The first-order chi connectivity index (χ1) is 32.2. The second-order valence-electron chi connectivity index (χ2n) is 17.8. The average Bonchev–Trinajstić information content (AvgIpc) is 3.31. The number of rotatable bonds is 14. The van der Waals surface area contributed by atoms with Crippen molar-refractivity contribution < 1.29 is 48.1 Å². The Balaban J connectivity index is 0.000000278. The molecule has 0 unspecified atom stereocenters. The molecular weight excluding hydrogens is 871 g/mol. The highest BCUT2D eigenvalue weighted by atomic mass is 16.5. The molecule has 0 fully saturated rings. The normalized spacial score (nSPS) is 11.1. The molecule has 0 radical (unpaired) electrons. The van der Waals surface area contributed by atoms with E-state index in [0.717, 1.165) is 10.8 Å². The second-order valence-corrected chi connectivity index (χ2v) is 17.8. The summed E-state index contributed by atoms with van der Waals surface area (Å²) in [6.07, 6.45) is 2.13. The fraction of sp³-hybridized carbons (Fsp3) is 0.275. The van der Waals surface area contributed by atoms with E-state index >= 15 is 0 Å². The number of aromatic nitrogens is 3. The third kappa shape index (κ3) is 13.0. The maximum atomic E-state index is 13.6. The number of nitrogens with two attached hydrogens (primary N) is 1. The number of pyridine rings is 3. The molecule has 17 nitrogen and oxygen atoms in total. The Morgan fingerprint density at radius 3 is 1.76 bits per heavy atom. The Morgan fingerprint density at radius 2 is 1.22 bits per heavy atom. The van der Waals surface area contributed by atoms with Crippen molar-refractivity contribution in [1.29, 1.82) is 0 Å². The van der Waals surface area contributed by atoms with E-state index in [1.54, 1.807) is 67.7 Å². The van der Waals surface area contributed by atoms with E-state index in [1.807, 2.05) is 41.5 Å². The number of ether oxygens (including phenoxy) is 3. The molecular formula is C51H55N7O10. The molecule has 3 heterocycles. The summed E-state index contributed by atoms with van der Waals surface area (Å²) in [5, 5.41) is 19.7. The molecule has 17 heteroatoms. The number of methoxy groups -OCH3 is 2. The number of hydrogen-bond acceptors (Lipinski definition) is 13. The summed E-state index contributed by atoms with van der Waals surface area (Å²) in [7, 11) is 2.87. The monoisotopic (exact) mass is 925 g/mol. The van der Waals surface area contributed by atoms with E-state index in [9.17, 15) is 33.9 Å². The van der Waals surface area contributed by atoms with Crippen molar-refractivity contribution in [2.75, 3.05) is 45.0 Å². The van der Waals surface area contributed by atoms with Gasteiger partial charge in [0.15, 0.2) is 6.29 Å². The minimum Gasteiger partial charge on any atom is -0.481 e. The number of carboxylic acids is 1. The van der Waals surface area contributed by atoms with Crippen LogP contribution in [0.15, 0.2) is 91.1 Å². The van der Waals surface area contributed by atoms with Gasteiger partial charge in [-0.3, -0.25) is 19.2 Å². The van der Waals surface area contributed by atoms with Crippen LogP contribution in [-0.4, -0.2) is 89.9 Å². The van der Waals surface area contributed by atoms with Gasteiger partial charge in [0.1, 0.15) is 17.2 Å². The van der Waals surface area contributed by atoms with Crippen molar-refractivity contribution in [1.82, 2.24) is 25.6 Å². The molecule has 6 aromatic rings. The van der Waals surface area contributed by atoms with Crippen LogP contribution in [0, 0.1) is 10.8 Å². The fourth-order valence-electron chi connectivity index (χ4n) is 6.59. The van der Waals surface area contributed by atoms with Crippen molar-refractivity contribution in [3.63, 3.8) is 0 Å². The highest BCUT2D eigenvalue weighted by molar-refractivity contribution is 6.11. The van der Waals surface area contributed by atoms with Gasteiger partial charge in [-0.15, -0.1) is 0 Å². The Morgan fingerprint density at radius 1 is 0.676 bits per heavy atom. The van der Waals surface area contributed by atoms with Crippen molar-refractivity contribution in [2.24, 2.45) is 10.8 Å². The molecule has 0 aliphatic heterocycles. The first-order valence-electron chi connectivity index (χ1n) is 21.4. The Kier molecular flexibility index (Phi) is 16.3. The Hall–Kier alpha value is -8.21. The predicted octanol–water partition coefficient (Wildman–Crippen LogP) is 8.14. The molecule has 3 amide bonds. The number of anilines is 2. The van der Waals surface area contributed by atoms with E-state index in [0.29, 0.717) is 58.7 Å². The quantitative estimate of drug-likeness (QED) is 0.0511. The lowest BCUT2D eigenvalue weighted by molar-refractivity contribution is 0.0526. The summed E-state index contributed by atoms with van der Waals surface area (Å²) in [5.74, 6) is -2.19. The van der Waals surface area contributed by atoms with Gasteiger partial charge < -0.3 is 41.0 Å². The lowest BCUT2D eigenvalue weighted by atomic mass is 9.94. The Bertz CT molecular complexity index is 2880. The number of aromatic carboxylic acids is 1. The smallest absolute Gasteiger partial charge is 0.338 e. The standard InChI is InChI=1S/C31H33N5O5.C20H22N2O5/c1-6-41-30(39)24-16-19(28(37)34-17-31(2,3)4)7-9-22(24)23-11-12-25(40-5)36-26(23)29(38)35-20-8-10-21-18(15-20)13-14-33-27(21)32;1-20(2,3)11-21-18(24)12-5-6-13(15(9-12)19(25)26)14-7-8-17(27-4)22-16(14)10-23/h7-16H,6,17H2,1-5H3,(H2,32,33)(H,34,37)(H,35,38);5-10H,11H2,1-4H3,(H,21,24)(H,25,26). The first kappa shape index (κ1) is 50.8. The number of nitrogen functional groups attached to an aromatic ring is 1. The number of fused-ring (bicyclic) bond motifs is 1. The number of carbonyl (C=O) groups is 6. The van der Waals surface area contributed by atoms with Crippen LogP contribution >= 0.6 is 0 Å². The zero-order valence-corrected chi connectivity index (χ0v) is 39.4. The van der Waals surface area contributed by atoms with Crippen molar-refractivity contribution in [3.8, 4) is 34.0 Å². The van der Waals surface area contributed by atoms with Crippen LogP contribution in [0.1, 0.15) is 111 Å². The van der Waals surface area contributed by atoms with Gasteiger partial charge in [0.2, 0.25) is 11.8 Å². The molecule has 3 aromatic heterocycles. The molecule has 0 saturated heterocycles. The highest BCUT2D eigenvalue weighted by Crippen LogP contribution is 2.32. The third-order valence-corrected chi connectivity index (χ3v) is 10.00. The highest BCUT2D eigenvalue weighted by Gasteiger charge is 2.25. The van der Waals surface area contributed by atoms with Crippen LogP contribution in [0.5, 0.6) is 11.8 Å². The molecule has 68 heavy (non-hydrogen) atoms. The molecule has 3 aromatic carbocycles. The largest absolute Gasteiger partial charge is 0.481 e. The van der Waals surface area contributed by atoms with Gasteiger partial charge in [-0.25, -0.2) is 24.5 Å². The van der Waals surface area contributed by atoms with Crippen LogP contribution < -0.4 is 31.2 Å². The summed E-state index contributed by atoms with van der Waals surface area (Å²) in [6.45, 7) is 14.7. The van der Waals surface area contributed by atoms with Crippen molar-refractivity contribution in [2.45, 2.75) is 48.5 Å². The number of esters is 1. The van der Waals surface area contributed by atoms with Gasteiger partial charge in [0, 0.05) is 64.7 Å². The number of nitrogens with zero attached hydrogens (tertiary/aromatic N) is 3. The van der Waals surface area contributed by atoms with E-state index in [4.69, 9.17) is 19.9 Å². The lowest BCUT2D eigenvalue weighted by Crippen LogP contribution is -2.32. The number of benzene rings is 3. The molecule has 0 bridgehead atoms. The van der Waals surface area contributed by atoms with Crippen LogP contribution in [0.25, 0.3) is 33.0 Å². The van der Waals surface area contributed by atoms with Crippen LogP contribution in [0.2, 0.25) is 0 Å². The minimum atomic E-state index is -1.21. The fourth-order valence-corrected chi connectivity index (χ4v) is 6.59. The summed E-state index contributed by atoms with van der Waals surface area (Å²) in [6, 6.07) is 22.4. The predicted molar refractivity (Wildman–Crippen MR) is 258 cm³/mol. The maximum Gasteiger partial charge on any atom is 0.338 e. The molecule has 0 aliphatic carbocycles. The second kappa shape index (κ2) is 21.9. The Labute approximate surface area is 393 Å². The van der Waals surface area contributed by atoms with E-state index in [1.165, 1.54) is 44.6 Å². The maximum absolute atomic E-state index is 13.6. The summed E-state index contributed by atoms with van der Waals surface area (Å²) >= 11 is 0. The van der Waals surface area contributed by atoms with Gasteiger partial charge >= 0.3 is 11.9 Å². The van der Waals surface area contributed by atoms with Crippen molar-refractivity contribution >= 4 is 58.2 Å². The van der Waals surface area contributed by atoms with Gasteiger partial charge in [-0.2, -0.15) is 0 Å². The number of hydrogen-bond donors (Lipinski definition) is 5. The van der Waals surface area contributed by atoms with Gasteiger partial charge in [0.05, 0.1) is 32.0 Å². The molecule has 0 saturated carbocycles. The zero-order chi connectivity index (χ0) is 49.9. The van der Waals surface area contributed by atoms with Crippen LogP contribution in [0.3, 0.4) is 0 Å². The third-order valence-electron chi connectivity index (χ3n) is 10.00. The molecule has 6 N–H and O–H groups in total. The van der Waals surface area contributed by atoms with Crippen LogP contribution in [-0.2, 0) is 4.74 Å². The lowest BCUT2D eigenvalue weighted by Gasteiger charge is -2.19. The SMILES string of the molecule is CCOC(=O)c1cc(C(=O)NCC(C)(C)C)ccc1-c1ccc(OC)nc1C(=O)Nc1ccc2c(N)nccc2c1.COc1ccc(-c2ccc(C(=O)NCC(C)(C)C)cc2C(=O)O)c(C=O)n1. The zero-order valence-electron chi connectivity index (χ0n) is 39.4. The molecule has 354 valence electrons. The first-order valence-corrected chi connectivity index (χ1v) is 21.4. The molecule has 6 rings (SSSR count). The van der Waals surface area contributed by atoms with E-state index < -0.39 is 17.8 Å². The van der Waals surface area contributed by atoms with Gasteiger partial charge in [-0.05, 0) is 94.9 Å². The van der Waals surface area contributed by atoms with E-state index in [2.05, 4.69) is 30.9 Å². The van der Waals surface area contributed by atoms with Gasteiger partial charge in [0.25, 0.3) is 17.7 Å². The minimum absolute atomic E-state index is 0.0224. The van der Waals surface area contributed by atoms with Crippen LogP contribution in [0.4, 0.5) is 11.5 Å². The van der Waals surface area contributed by atoms with E-state index in [-0.39, 0.29) is 69.1 Å². The number of amides is 3. The van der Waals surface area contributed by atoms with Gasteiger partial charge in [-0.1, -0.05) is 53.7 Å². The number of carboxylic acid groups (broad SMARTS) is 1. The number of carbonyl (C=O) groups excluding carboxylic acids is 5. The molecule has 0 spiro atoms. The number of nitrogens with one attached hydrogen (secondary N) is 3.